The molecule has 1 unspecified atom stereocenters. The van der Waals surface area contributed by atoms with E-state index in [2.05, 4.69) is 28.9 Å². The van der Waals surface area contributed by atoms with Gasteiger partial charge in [0.2, 0.25) is 0 Å². The van der Waals surface area contributed by atoms with E-state index in [-0.39, 0.29) is 6.61 Å². The fraction of sp³-hybridized carbons (Fsp3) is 0.500. The van der Waals surface area contributed by atoms with Gasteiger partial charge in [-0.1, -0.05) is 24.0 Å². The van der Waals surface area contributed by atoms with Gasteiger partial charge in [0.15, 0.2) is 0 Å². The zero-order valence-corrected chi connectivity index (χ0v) is 11.4. The van der Waals surface area contributed by atoms with Crippen LogP contribution < -0.4 is 0 Å². The largest absolute Gasteiger partial charge is 0.384 e. The molecule has 1 N–H and O–H groups in total. The van der Waals surface area contributed by atoms with E-state index < -0.39 is 0 Å². The maximum absolute atomic E-state index is 8.65. The van der Waals surface area contributed by atoms with Crippen molar-refractivity contribution < 1.29 is 9.84 Å². The van der Waals surface area contributed by atoms with Crippen LogP contribution in [0.25, 0.3) is 0 Å². The Kier molecular flexibility index (Phi) is 5.41. The molecule has 1 aliphatic heterocycles. The minimum atomic E-state index is -0.0893. The molecule has 0 radical (unpaired) electrons. The topological polar surface area (TPSA) is 32.7 Å². The number of methoxy groups -OCH3 is 1. The number of hydrogen-bond donors (Lipinski definition) is 1. The van der Waals surface area contributed by atoms with Crippen LogP contribution in [-0.2, 0) is 11.3 Å². The van der Waals surface area contributed by atoms with Crippen LogP contribution in [0.2, 0.25) is 0 Å². The van der Waals surface area contributed by atoms with E-state index in [9.17, 15) is 0 Å². The third kappa shape index (κ3) is 4.36. The number of likely N-dealkylation sites (tertiary alicyclic amines) is 1. The molecule has 0 saturated carbocycles. The number of hydrogen-bond acceptors (Lipinski definition) is 3. The van der Waals surface area contributed by atoms with Crippen molar-refractivity contribution in [3.8, 4) is 11.8 Å². The molecule has 102 valence electrons. The Labute approximate surface area is 115 Å². The van der Waals surface area contributed by atoms with Gasteiger partial charge in [0.05, 0.1) is 6.10 Å². The van der Waals surface area contributed by atoms with Gasteiger partial charge in [-0.2, -0.15) is 0 Å². The maximum atomic E-state index is 8.65. The van der Waals surface area contributed by atoms with E-state index in [1.807, 2.05) is 12.1 Å². The highest BCUT2D eigenvalue weighted by molar-refractivity contribution is 5.36. The van der Waals surface area contributed by atoms with Crippen LogP contribution in [0.5, 0.6) is 0 Å². The number of aliphatic hydroxyl groups is 1. The molecule has 3 nitrogen and oxygen atoms in total. The average molecular weight is 259 g/mol. The summed E-state index contributed by atoms with van der Waals surface area (Å²) in [5.74, 6) is 5.57. The quantitative estimate of drug-likeness (QED) is 0.838. The molecular formula is C16H21NO2. The second-order valence-corrected chi connectivity index (χ2v) is 4.89. The monoisotopic (exact) mass is 259 g/mol. The highest BCUT2D eigenvalue weighted by atomic mass is 16.5. The lowest BCUT2D eigenvalue weighted by Crippen LogP contribution is -2.38. The SMILES string of the molecule is COC1CCCN(Cc2ccc(C#CCO)cc2)C1. The van der Waals surface area contributed by atoms with E-state index in [4.69, 9.17) is 9.84 Å². The zero-order chi connectivity index (χ0) is 13.5. The van der Waals surface area contributed by atoms with E-state index in [0.717, 1.165) is 25.2 Å². The van der Waals surface area contributed by atoms with Crippen molar-refractivity contribution in [1.29, 1.82) is 0 Å². The summed E-state index contributed by atoms with van der Waals surface area (Å²) in [5.41, 5.74) is 2.25. The molecule has 1 aromatic rings. The van der Waals surface area contributed by atoms with Crippen molar-refractivity contribution in [2.75, 3.05) is 26.8 Å². The van der Waals surface area contributed by atoms with Crippen molar-refractivity contribution in [2.45, 2.75) is 25.5 Å². The highest BCUT2D eigenvalue weighted by Crippen LogP contribution is 2.15. The number of aliphatic hydroxyl groups excluding tert-OH is 1. The molecule has 2 rings (SSSR count). The van der Waals surface area contributed by atoms with E-state index >= 15 is 0 Å². The fourth-order valence-corrected chi connectivity index (χ4v) is 2.44. The van der Waals surface area contributed by atoms with Crippen molar-refractivity contribution in [1.82, 2.24) is 4.90 Å². The first kappa shape index (κ1) is 14.1. The second kappa shape index (κ2) is 7.30. The lowest BCUT2D eigenvalue weighted by Gasteiger charge is -2.31. The first-order valence-corrected chi connectivity index (χ1v) is 6.75. The molecule has 0 amide bonds. The molecule has 1 aromatic carbocycles. The highest BCUT2D eigenvalue weighted by Gasteiger charge is 2.19. The molecule has 1 atom stereocenters. The smallest absolute Gasteiger partial charge is 0.104 e. The van der Waals surface area contributed by atoms with Crippen LogP contribution in [0.15, 0.2) is 24.3 Å². The predicted molar refractivity (Wildman–Crippen MR) is 75.7 cm³/mol. The van der Waals surface area contributed by atoms with Gasteiger partial charge in [-0.05, 0) is 37.1 Å². The Morgan fingerprint density at radius 1 is 1.37 bits per heavy atom. The number of nitrogens with zero attached hydrogens (tertiary/aromatic N) is 1. The van der Waals surface area contributed by atoms with E-state index in [1.165, 1.54) is 18.4 Å². The minimum absolute atomic E-state index is 0.0893. The Morgan fingerprint density at radius 2 is 2.16 bits per heavy atom. The Morgan fingerprint density at radius 3 is 2.84 bits per heavy atom. The van der Waals surface area contributed by atoms with Gasteiger partial charge in [-0.15, -0.1) is 0 Å². The average Bonchev–Trinajstić information content (AvgIpc) is 2.47. The zero-order valence-electron chi connectivity index (χ0n) is 11.4. The summed E-state index contributed by atoms with van der Waals surface area (Å²) in [7, 11) is 1.79. The summed E-state index contributed by atoms with van der Waals surface area (Å²) in [5, 5.41) is 8.65. The lowest BCUT2D eigenvalue weighted by molar-refractivity contribution is 0.0285. The molecule has 1 saturated heterocycles. The van der Waals surface area contributed by atoms with Gasteiger partial charge in [0.25, 0.3) is 0 Å². The molecule has 3 heteroatoms. The van der Waals surface area contributed by atoms with Crippen molar-refractivity contribution in [3.63, 3.8) is 0 Å². The van der Waals surface area contributed by atoms with Crippen LogP contribution in [-0.4, -0.2) is 42.9 Å². The van der Waals surface area contributed by atoms with Gasteiger partial charge >= 0.3 is 0 Å². The minimum Gasteiger partial charge on any atom is -0.384 e. The van der Waals surface area contributed by atoms with Gasteiger partial charge in [-0.3, -0.25) is 4.90 Å². The Hall–Kier alpha value is -1.34. The summed E-state index contributed by atoms with van der Waals surface area (Å²) < 4.78 is 5.44. The molecule has 1 fully saturated rings. The maximum Gasteiger partial charge on any atom is 0.104 e. The molecular weight excluding hydrogens is 238 g/mol. The molecule has 19 heavy (non-hydrogen) atoms. The summed E-state index contributed by atoms with van der Waals surface area (Å²) in [4.78, 5) is 2.44. The van der Waals surface area contributed by atoms with Crippen LogP contribution in [0.1, 0.15) is 24.0 Å². The normalized spacial score (nSPS) is 19.8. The van der Waals surface area contributed by atoms with Gasteiger partial charge in [-0.25, -0.2) is 0 Å². The standard InChI is InChI=1S/C16H21NO2/c1-19-16-5-2-10-17(13-16)12-15-8-6-14(7-9-15)4-3-11-18/h6-9,16,18H,2,5,10-13H2,1H3. The van der Waals surface area contributed by atoms with Crippen LogP contribution in [0.3, 0.4) is 0 Å². The second-order valence-electron chi connectivity index (χ2n) is 4.89. The number of benzene rings is 1. The Balaban J connectivity index is 1.92. The number of ether oxygens (including phenoxy) is 1. The van der Waals surface area contributed by atoms with Crippen molar-refractivity contribution in [3.05, 3.63) is 35.4 Å². The molecule has 0 aliphatic carbocycles. The molecule has 1 aliphatic rings. The van der Waals surface area contributed by atoms with Crippen molar-refractivity contribution >= 4 is 0 Å². The van der Waals surface area contributed by atoms with Gasteiger partial charge in [0, 0.05) is 25.8 Å². The van der Waals surface area contributed by atoms with Crippen molar-refractivity contribution in [2.24, 2.45) is 0 Å². The van der Waals surface area contributed by atoms with Crippen LogP contribution in [0.4, 0.5) is 0 Å². The predicted octanol–water partition coefficient (Wildman–Crippen LogP) is 1.64. The third-order valence-electron chi connectivity index (χ3n) is 3.47. The summed E-state index contributed by atoms with van der Waals surface area (Å²) >= 11 is 0. The molecule has 0 aromatic heterocycles. The first-order valence-electron chi connectivity index (χ1n) is 6.75. The van der Waals surface area contributed by atoms with Gasteiger partial charge in [0.1, 0.15) is 6.61 Å². The fourth-order valence-electron chi connectivity index (χ4n) is 2.44. The van der Waals surface area contributed by atoms with Crippen LogP contribution >= 0.6 is 0 Å². The number of piperidine rings is 1. The summed E-state index contributed by atoms with van der Waals surface area (Å²) in [6.07, 6.45) is 2.75. The number of rotatable bonds is 3. The van der Waals surface area contributed by atoms with Crippen LogP contribution in [0, 0.1) is 11.8 Å². The third-order valence-corrected chi connectivity index (χ3v) is 3.47. The van der Waals surface area contributed by atoms with E-state index in [1.54, 1.807) is 7.11 Å². The van der Waals surface area contributed by atoms with E-state index in [0.29, 0.717) is 6.10 Å². The van der Waals surface area contributed by atoms with Gasteiger partial charge < -0.3 is 9.84 Å². The molecule has 0 spiro atoms. The summed E-state index contributed by atoms with van der Waals surface area (Å²) in [6.45, 7) is 3.04. The summed E-state index contributed by atoms with van der Waals surface area (Å²) in [6, 6.07) is 8.24. The molecule has 1 heterocycles. The lowest BCUT2D eigenvalue weighted by atomic mass is 10.1. The first-order chi connectivity index (χ1) is 9.31. The molecule has 0 bridgehead atoms. The Bertz CT molecular complexity index is 444.